The Kier molecular flexibility index (Phi) is 4.38. The molecule has 0 unspecified atom stereocenters. The van der Waals surface area contributed by atoms with Crippen molar-refractivity contribution in [1.82, 2.24) is 0 Å². The number of carbonyl (C=O) groups is 1. The van der Waals surface area contributed by atoms with Crippen LogP contribution in [0.4, 0.5) is 18.9 Å². The lowest BCUT2D eigenvalue weighted by Gasteiger charge is -2.32. The molecule has 2 rings (SSSR count). The number of nitrogens with two attached hydrogens (primary N) is 1. The van der Waals surface area contributed by atoms with Crippen molar-refractivity contribution in [2.75, 3.05) is 18.5 Å². The first-order chi connectivity index (χ1) is 9.80. The van der Waals surface area contributed by atoms with Crippen molar-refractivity contribution in [3.05, 3.63) is 24.3 Å². The van der Waals surface area contributed by atoms with E-state index in [-0.39, 0.29) is 5.69 Å². The summed E-state index contributed by atoms with van der Waals surface area (Å²) in [6.45, 7) is 0.676. The predicted molar refractivity (Wildman–Crippen MR) is 68.7 cm³/mol. The van der Waals surface area contributed by atoms with Gasteiger partial charge in [-0.1, -0.05) is 12.1 Å². The van der Waals surface area contributed by atoms with Crippen molar-refractivity contribution in [2.24, 2.45) is 5.73 Å². The Labute approximate surface area is 119 Å². The molecule has 1 aromatic carbocycles. The lowest BCUT2D eigenvalue weighted by atomic mass is 9.90. The van der Waals surface area contributed by atoms with Gasteiger partial charge in [0.05, 0.1) is 5.69 Å². The molecular formula is C13H15F3N2O3. The third-order valence-electron chi connectivity index (χ3n) is 3.20. The van der Waals surface area contributed by atoms with Crippen LogP contribution in [-0.4, -0.2) is 31.0 Å². The van der Waals surface area contributed by atoms with E-state index in [0.717, 1.165) is 6.07 Å². The summed E-state index contributed by atoms with van der Waals surface area (Å²) < 4.78 is 45.9. The van der Waals surface area contributed by atoms with Crippen LogP contribution in [0.15, 0.2) is 24.3 Å². The SMILES string of the molecule is NC1(C(=O)Nc2ccccc2OC(F)(F)F)CCOCC1. The molecule has 8 heteroatoms. The third-order valence-corrected chi connectivity index (χ3v) is 3.20. The summed E-state index contributed by atoms with van der Waals surface area (Å²) in [6.07, 6.45) is -4.22. The molecule has 1 aliphatic heterocycles. The Morgan fingerprint density at radius 1 is 1.29 bits per heavy atom. The number of alkyl halides is 3. The molecule has 0 atom stereocenters. The predicted octanol–water partition coefficient (Wildman–Crippen LogP) is 2.03. The molecule has 3 N–H and O–H groups in total. The van der Waals surface area contributed by atoms with Crippen LogP contribution >= 0.6 is 0 Å². The highest BCUT2D eigenvalue weighted by molar-refractivity contribution is 5.99. The first kappa shape index (κ1) is 15.6. The van der Waals surface area contributed by atoms with E-state index in [1.165, 1.54) is 18.2 Å². The Hall–Kier alpha value is -1.80. The summed E-state index contributed by atoms with van der Waals surface area (Å²) in [6, 6.07) is 5.31. The zero-order valence-corrected chi connectivity index (χ0v) is 11.1. The summed E-state index contributed by atoms with van der Waals surface area (Å²) >= 11 is 0. The molecule has 0 aromatic heterocycles. The molecule has 1 saturated heterocycles. The van der Waals surface area contributed by atoms with Gasteiger partial charge in [0.25, 0.3) is 0 Å². The van der Waals surface area contributed by atoms with Crippen LogP contribution in [0.5, 0.6) is 5.75 Å². The minimum atomic E-state index is -4.83. The third kappa shape index (κ3) is 4.08. The monoisotopic (exact) mass is 304 g/mol. The van der Waals surface area contributed by atoms with Crippen molar-refractivity contribution in [2.45, 2.75) is 24.7 Å². The average molecular weight is 304 g/mol. The fourth-order valence-electron chi connectivity index (χ4n) is 1.99. The molecule has 1 aromatic rings. The second-order valence-corrected chi connectivity index (χ2v) is 4.77. The second-order valence-electron chi connectivity index (χ2n) is 4.77. The summed E-state index contributed by atoms with van der Waals surface area (Å²) in [5.74, 6) is -1.03. The van der Waals surface area contributed by atoms with E-state index in [1.54, 1.807) is 0 Å². The number of carbonyl (C=O) groups excluding carboxylic acids is 1. The van der Waals surface area contributed by atoms with Gasteiger partial charge in [0.15, 0.2) is 5.75 Å². The molecule has 0 radical (unpaired) electrons. The maximum Gasteiger partial charge on any atom is 0.573 e. The summed E-state index contributed by atoms with van der Waals surface area (Å²) in [7, 11) is 0. The van der Waals surface area contributed by atoms with Crippen LogP contribution in [0, 0.1) is 0 Å². The average Bonchev–Trinajstić information content (AvgIpc) is 2.40. The smallest absolute Gasteiger partial charge is 0.404 e. The molecule has 5 nitrogen and oxygen atoms in total. The fourth-order valence-corrected chi connectivity index (χ4v) is 1.99. The molecule has 1 heterocycles. The number of rotatable bonds is 3. The molecule has 116 valence electrons. The molecule has 1 amide bonds. The molecule has 21 heavy (non-hydrogen) atoms. The van der Waals surface area contributed by atoms with Crippen LogP contribution in [0.1, 0.15) is 12.8 Å². The van der Waals surface area contributed by atoms with E-state index >= 15 is 0 Å². The van der Waals surface area contributed by atoms with E-state index < -0.39 is 23.6 Å². The number of anilines is 1. The number of hydrogen-bond acceptors (Lipinski definition) is 4. The number of para-hydroxylation sites is 2. The quantitative estimate of drug-likeness (QED) is 0.896. The maximum atomic E-state index is 12.3. The molecule has 1 aliphatic rings. The first-order valence-corrected chi connectivity index (χ1v) is 6.33. The summed E-state index contributed by atoms with van der Waals surface area (Å²) in [5.41, 5.74) is 4.75. The van der Waals surface area contributed by atoms with Crippen LogP contribution in [0.2, 0.25) is 0 Å². The number of nitrogens with one attached hydrogen (secondary N) is 1. The second kappa shape index (κ2) is 5.90. The van der Waals surface area contributed by atoms with E-state index in [2.05, 4.69) is 10.1 Å². The topological polar surface area (TPSA) is 73.6 Å². The Morgan fingerprint density at radius 2 is 1.90 bits per heavy atom. The maximum absolute atomic E-state index is 12.3. The summed E-state index contributed by atoms with van der Waals surface area (Å²) in [5, 5.41) is 2.40. The highest BCUT2D eigenvalue weighted by Gasteiger charge is 2.37. The normalized spacial score (nSPS) is 18.1. The first-order valence-electron chi connectivity index (χ1n) is 6.33. The number of hydrogen-bond donors (Lipinski definition) is 2. The molecule has 0 spiro atoms. The minimum absolute atomic E-state index is 0.0730. The van der Waals surface area contributed by atoms with Crippen LogP contribution in [0.3, 0.4) is 0 Å². The van der Waals surface area contributed by atoms with Gasteiger partial charge in [0, 0.05) is 13.2 Å². The zero-order valence-electron chi connectivity index (χ0n) is 11.1. The number of ether oxygens (including phenoxy) is 2. The largest absolute Gasteiger partial charge is 0.573 e. The molecule has 0 bridgehead atoms. The highest BCUT2D eigenvalue weighted by Crippen LogP contribution is 2.31. The van der Waals surface area contributed by atoms with Crippen LogP contribution in [0.25, 0.3) is 0 Å². The Balaban J connectivity index is 2.14. The van der Waals surface area contributed by atoms with Gasteiger partial charge in [-0.3, -0.25) is 4.79 Å². The van der Waals surface area contributed by atoms with E-state index in [1.807, 2.05) is 0 Å². The Morgan fingerprint density at radius 3 is 2.52 bits per heavy atom. The molecular weight excluding hydrogens is 289 g/mol. The van der Waals surface area contributed by atoms with Crippen molar-refractivity contribution in [3.8, 4) is 5.75 Å². The van der Waals surface area contributed by atoms with Gasteiger partial charge in [-0.05, 0) is 25.0 Å². The van der Waals surface area contributed by atoms with Crippen molar-refractivity contribution in [1.29, 1.82) is 0 Å². The molecule has 0 saturated carbocycles. The number of amides is 1. The van der Waals surface area contributed by atoms with E-state index in [4.69, 9.17) is 10.5 Å². The van der Waals surface area contributed by atoms with Crippen molar-refractivity contribution < 1.29 is 27.4 Å². The van der Waals surface area contributed by atoms with Crippen molar-refractivity contribution in [3.63, 3.8) is 0 Å². The Bertz CT molecular complexity index is 514. The van der Waals surface area contributed by atoms with Gasteiger partial charge in [0.1, 0.15) is 5.54 Å². The lowest BCUT2D eigenvalue weighted by Crippen LogP contribution is -2.54. The minimum Gasteiger partial charge on any atom is -0.404 e. The van der Waals surface area contributed by atoms with E-state index in [0.29, 0.717) is 26.1 Å². The van der Waals surface area contributed by atoms with Crippen molar-refractivity contribution >= 4 is 11.6 Å². The van der Waals surface area contributed by atoms with Gasteiger partial charge in [-0.15, -0.1) is 13.2 Å². The highest BCUT2D eigenvalue weighted by atomic mass is 19.4. The van der Waals surface area contributed by atoms with Crippen LogP contribution in [-0.2, 0) is 9.53 Å². The van der Waals surface area contributed by atoms with Gasteiger partial charge in [-0.2, -0.15) is 0 Å². The number of benzene rings is 1. The van der Waals surface area contributed by atoms with Gasteiger partial charge in [0.2, 0.25) is 5.91 Å². The van der Waals surface area contributed by atoms with Gasteiger partial charge >= 0.3 is 6.36 Å². The standard InChI is InChI=1S/C13H15F3N2O3/c14-13(15,16)21-10-4-2-1-3-9(10)18-11(19)12(17)5-7-20-8-6-12/h1-4H,5-8,17H2,(H,18,19). The molecule has 0 aliphatic carbocycles. The summed E-state index contributed by atoms with van der Waals surface area (Å²) in [4.78, 5) is 12.2. The molecule has 1 fully saturated rings. The zero-order chi connectivity index (χ0) is 15.5. The van der Waals surface area contributed by atoms with Gasteiger partial charge < -0.3 is 20.5 Å². The van der Waals surface area contributed by atoms with E-state index in [9.17, 15) is 18.0 Å². The van der Waals surface area contributed by atoms with Crippen LogP contribution < -0.4 is 15.8 Å². The fraction of sp³-hybridized carbons (Fsp3) is 0.462. The lowest BCUT2D eigenvalue weighted by molar-refractivity contribution is -0.274. The number of halogens is 3. The van der Waals surface area contributed by atoms with Gasteiger partial charge in [-0.25, -0.2) is 0 Å².